The van der Waals surface area contributed by atoms with Crippen molar-refractivity contribution < 1.29 is 14.4 Å². The predicted octanol–water partition coefficient (Wildman–Crippen LogP) is 4.83. The van der Waals surface area contributed by atoms with Crippen molar-refractivity contribution in [2.75, 3.05) is 13.2 Å². The van der Waals surface area contributed by atoms with E-state index < -0.39 is 4.92 Å². The monoisotopic (exact) mass is 426 g/mol. The number of ether oxygens (including phenoxy) is 2. The van der Waals surface area contributed by atoms with Crippen molar-refractivity contribution in [3.8, 4) is 29.9 Å². The molecule has 2 aromatic rings. The zero-order valence-corrected chi connectivity index (χ0v) is 16.0. The molecule has 0 N–H and O–H groups in total. The van der Waals surface area contributed by atoms with Crippen molar-refractivity contribution in [1.82, 2.24) is 0 Å². The molecule has 6 nitrogen and oxygen atoms in total. The van der Waals surface area contributed by atoms with E-state index in [0.717, 1.165) is 0 Å². The fraction of sp³-hybridized carbons (Fsp3) is 0.150. The summed E-state index contributed by atoms with van der Waals surface area (Å²) >= 11 is 3.44. The average Bonchev–Trinajstić information content (AvgIpc) is 2.67. The van der Waals surface area contributed by atoms with Gasteiger partial charge in [-0.15, -0.1) is 6.42 Å². The topological polar surface area (TPSA) is 85.4 Å². The van der Waals surface area contributed by atoms with Gasteiger partial charge < -0.3 is 9.47 Å². The molecule has 0 heterocycles. The number of halogens is 1. The van der Waals surface area contributed by atoms with E-state index in [2.05, 4.69) is 27.9 Å². The van der Waals surface area contributed by atoms with Gasteiger partial charge in [0.15, 0.2) is 11.5 Å². The molecule has 0 radical (unpaired) electrons. The Morgan fingerprint density at radius 1 is 1.33 bits per heavy atom. The third-order valence-corrected chi connectivity index (χ3v) is 4.15. The normalized spacial score (nSPS) is 10.6. The lowest BCUT2D eigenvalue weighted by Crippen LogP contribution is -2.00. The van der Waals surface area contributed by atoms with Crippen LogP contribution in [0.2, 0.25) is 0 Å². The number of nitro groups is 1. The number of hydrogen-bond acceptors (Lipinski definition) is 5. The lowest BCUT2D eigenvalue weighted by molar-refractivity contribution is -0.384. The van der Waals surface area contributed by atoms with E-state index in [4.69, 9.17) is 15.9 Å². The molecule has 7 heteroatoms. The van der Waals surface area contributed by atoms with E-state index in [1.165, 1.54) is 18.2 Å². The van der Waals surface area contributed by atoms with Crippen LogP contribution in [-0.4, -0.2) is 18.1 Å². The van der Waals surface area contributed by atoms with E-state index in [1.54, 1.807) is 24.3 Å². The summed E-state index contributed by atoms with van der Waals surface area (Å²) in [5.74, 6) is 3.36. The summed E-state index contributed by atoms with van der Waals surface area (Å²) in [6.07, 6.45) is 6.85. The lowest BCUT2D eigenvalue weighted by Gasteiger charge is -2.13. The number of hydrogen-bond donors (Lipinski definition) is 0. The number of nitrogens with zero attached hydrogens (tertiary/aromatic N) is 2. The zero-order chi connectivity index (χ0) is 19.8. The van der Waals surface area contributed by atoms with Crippen LogP contribution >= 0.6 is 15.9 Å². The molecule has 2 aromatic carbocycles. The second-order valence-electron chi connectivity index (χ2n) is 5.22. The van der Waals surface area contributed by atoms with Crippen LogP contribution in [-0.2, 0) is 0 Å². The minimum Gasteiger partial charge on any atom is -0.490 e. The first-order valence-electron chi connectivity index (χ1n) is 7.89. The summed E-state index contributed by atoms with van der Waals surface area (Å²) in [5, 5.41) is 20.5. The molecule has 0 spiro atoms. The molecule has 0 bridgehead atoms. The highest BCUT2D eigenvalue weighted by Crippen LogP contribution is 2.35. The predicted molar refractivity (Wildman–Crippen MR) is 106 cm³/mol. The second-order valence-corrected chi connectivity index (χ2v) is 6.08. The van der Waals surface area contributed by atoms with Gasteiger partial charge in [-0.05, 0) is 36.3 Å². The third-order valence-electron chi connectivity index (χ3n) is 3.46. The summed E-state index contributed by atoms with van der Waals surface area (Å²) in [6.45, 7) is 2.36. The van der Waals surface area contributed by atoms with Crippen LogP contribution in [0.3, 0.4) is 0 Å². The summed E-state index contributed by atoms with van der Waals surface area (Å²) in [4.78, 5) is 10.5. The Kier molecular flexibility index (Phi) is 6.99. The van der Waals surface area contributed by atoms with Gasteiger partial charge in [-0.3, -0.25) is 10.1 Å². The molecule has 0 amide bonds. The van der Waals surface area contributed by atoms with Crippen molar-refractivity contribution in [3.05, 3.63) is 62.1 Å². The standard InChI is InChI=1S/C20H15BrN2O4/c1-3-8-27-20-12-18(21)15(11-19(20)26-4-2)9-16(13-22)14-6-5-7-17(10-14)23(24)25/h1,5-7,9-12H,4,8H2,2H3/b16-9-. The smallest absolute Gasteiger partial charge is 0.270 e. The molecule has 0 fully saturated rings. The molecular weight excluding hydrogens is 412 g/mol. The minimum absolute atomic E-state index is 0.0826. The van der Waals surface area contributed by atoms with Crippen LogP contribution in [0.15, 0.2) is 40.9 Å². The van der Waals surface area contributed by atoms with Crippen LogP contribution in [0.5, 0.6) is 11.5 Å². The number of terminal acetylenes is 1. The minimum atomic E-state index is -0.501. The maximum absolute atomic E-state index is 11.0. The average molecular weight is 427 g/mol. The molecule has 0 atom stereocenters. The Morgan fingerprint density at radius 3 is 2.70 bits per heavy atom. The Hall–Kier alpha value is -3.29. The van der Waals surface area contributed by atoms with Gasteiger partial charge in [0.2, 0.25) is 0 Å². The van der Waals surface area contributed by atoms with Crippen molar-refractivity contribution in [2.24, 2.45) is 0 Å². The SMILES string of the molecule is C#CCOc1cc(Br)c(/C=C(/C#N)c2cccc([N+](=O)[O-])c2)cc1OCC. The van der Waals surface area contributed by atoms with E-state index >= 15 is 0 Å². The molecule has 0 unspecified atom stereocenters. The quantitative estimate of drug-likeness (QED) is 0.208. The molecule has 136 valence electrons. The van der Waals surface area contributed by atoms with Gasteiger partial charge in [-0.1, -0.05) is 34.0 Å². The number of allylic oxidation sites excluding steroid dienone is 1. The molecule has 0 aliphatic rings. The van der Waals surface area contributed by atoms with Gasteiger partial charge in [0.05, 0.1) is 23.2 Å². The van der Waals surface area contributed by atoms with E-state index in [-0.39, 0.29) is 17.9 Å². The number of benzene rings is 2. The van der Waals surface area contributed by atoms with Gasteiger partial charge in [0.25, 0.3) is 5.69 Å². The number of nitro benzene ring substituents is 1. The third kappa shape index (κ3) is 5.10. The van der Waals surface area contributed by atoms with Gasteiger partial charge >= 0.3 is 0 Å². The number of rotatable bonds is 7. The fourth-order valence-corrected chi connectivity index (χ4v) is 2.72. The molecule has 2 rings (SSSR count). The van der Waals surface area contributed by atoms with E-state index in [1.807, 2.05) is 6.92 Å². The Balaban J connectivity index is 2.50. The van der Waals surface area contributed by atoms with E-state index in [9.17, 15) is 15.4 Å². The molecule has 0 aliphatic carbocycles. The van der Waals surface area contributed by atoms with E-state index in [0.29, 0.717) is 33.7 Å². The Morgan fingerprint density at radius 2 is 2.07 bits per heavy atom. The molecule has 0 aliphatic heterocycles. The van der Waals surface area contributed by atoms with Gasteiger partial charge in [-0.2, -0.15) is 5.26 Å². The van der Waals surface area contributed by atoms with Gasteiger partial charge in [0, 0.05) is 16.6 Å². The second kappa shape index (κ2) is 9.42. The fourth-order valence-electron chi connectivity index (χ4n) is 2.28. The Bertz CT molecular complexity index is 971. The zero-order valence-electron chi connectivity index (χ0n) is 14.4. The van der Waals surface area contributed by atoms with Crippen molar-refractivity contribution in [3.63, 3.8) is 0 Å². The van der Waals surface area contributed by atoms with Crippen molar-refractivity contribution >= 4 is 33.3 Å². The van der Waals surface area contributed by atoms with Crippen LogP contribution in [0.1, 0.15) is 18.1 Å². The van der Waals surface area contributed by atoms with Gasteiger partial charge in [-0.25, -0.2) is 0 Å². The first-order chi connectivity index (χ1) is 13.0. The van der Waals surface area contributed by atoms with Crippen LogP contribution < -0.4 is 9.47 Å². The summed E-state index contributed by atoms with van der Waals surface area (Å²) in [6, 6.07) is 11.4. The molecular formula is C20H15BrN2O4. The highest BCUT2D eigenvalue weighted by Gasteiger charge is 2.13. The Labute approximate surface area is 165 Å². The van der Waals surface area contributed by atoms with Crippen molar-refractivity contribution in [1.29, 1.82) is 5.26 Å². The summed E-state index contributed by atoms with van der Waals surface area (Å²) in [7, 11) is 0. The number of nitriles is 1. The van der Waals surface area contributed by atoms with Gasteiger partial charge in [0.1, 0.15) is 6.61 Å². The molecule has 0 saturated carbocycles. The van der Waals surface area contributed by atoms with Crippen LogP contribution in [0.4, 0.5) is 5.69 Å². The van der Waals surface area contributed by atoms with Crippen LogP contribution in [0.25, 0.3) is 11.6 Å². The molecule has 0 saturated heterocycles. The lowest BCUT2D eigenvalue weighted by atomic mass is 10.0. The van der Waals surface area contributed by atoms with Crippen LogP contribution in [0, 0.1) is 33.8 Å². The largest absolute Gasteiger partial charge is 0.490 e. The number of non-ortho nitro benzene ring substituents is 1. The first kappa shape index (κ1) is 20.0. The highest BCUT2D eigenvalue weighted by atomic mass is 79.9. The maximum Gasteiger partial charge on any atom is 0.270 e. The van der Waals surface area contributed by atoms with Crippen molar-refractivity contribution in [2.45, 2.75) is 6.92 Å². The first-order valence-corrected chi connectivity index (χ1v) is 8.68. The molecule has 27 heavy (non-hydrogen) atoms. The maximum atomic E-state index is 11.0. The summed E-state index contributed by atoms with van der Waals surface area (Å²) in [5.41, 5.74) is 1.30. The highest BCUT2D eigenvalue weighted by molar-refractivity contribution is 9.10. The molecule has 0 aromatic heterocycles. The summed E-state index contributed by atoms with van der Waals surface area (Å²) < 4.78 is 11.7.